The highest BCUT2D eigenvalue weighted by Crippen LogP contribution is 2.30. The Morgan fingerprint density at radius 1 is 1.00 bits per heavy atom. The van der Waals surface area contributed by atoms with Crippen molar-refractivity contribution in [3.05, 3.63) is 66.6 Å². The van der Waals surface area contributed by atoms with Gasteiger partial charge in [0.25, 0.3) is 0 Å². The normalized spacial score (nSPS) is 11.3. The molecule has 4 heteroatoms. The number of halogens is 1. The summed E-state index contributed by atoms with van der Waals surface area (Å²) < 4.78 is 15.1. The first-order valence-corrected chi connectivity index (χ1v) is 6.58. The van der Waals surface area contributed by atoms with Gasteiger partial charge in [0, 0.05) is 17.0 Å². The van der Waals surface area contributed by atoms with E-state index in [2.05, 4.69) is 4.98 Å². The topological polar surface area (TPSA) is 37.5 Å². The van der Waals surface area contributed by atoms with Crippen molar-refractivity contribution in [1.29, 1.82) is 0 Å². The molecule has 0 unspecified atom stereocenters. The van der Waals surface area contributed by atoms with E-state index < -0.39 is 0 Å². The van der Waals surface area contributed by atoms with Crippen LogP contribution in [0.25, 0.3) is 27.8 Å². The van der Waals surface area contributed by atoms with Crippen LogP contribution in [0.5, 0.6) is 5.75 Å². The van der Waals surface area contributed by atoms with Gasteiger partial charge in [0.05, 0.1) is 17.4 Å². The molecule has 0 aliphatic heterocycles. The van der Waals surface area contributed by atoms with E-state index in [1.807, 2.05) is 28.7 Å². The highest BCUT2D eigenvalue weighted by molar-refractivity contribution is 5.90. The van der Waals surface area contributed by atoms with Crippen molar-refractivity contribution in [1.82, 2.24) is 9.38 Å². The number of para-hydroxylation sites is 1. The number of hydrogen-bond donors (Lipinski definition) is 1. The van der Waals surface area contributed by atoms with Gasteiger partial charge >= 0.3 is 0 Å². The Morgan fingerprint density at radius 3 is 2.57 bits per heavy atom. The minimum absolute atomic E-state index is 0.203. The molecule has 0 radical (unpaired) electrons. The fourth-order valence-corrected chi connectivity index (χ4v) is 2.63. The highest BCUT2D eigenvalue weighted by Gasteiger charge is 2.11. The zero-order valence-corrected chi connectivity index (χ0v) is 11.0. The first kappa shape index (κ1) is 11.9. The molecule has 4 rings (SSSR count). The number of fused-ring (bicyclic) bond motifs is 3. The van der Waals surface area contributed by atoms with E-state index in [1.54, 1.807) is 24.4 Å². The van der Waals surface area contributed by atoms with Crippen LogP contribution in [0.15, 0.2) is 60.8 Å². The Hall–Kier alpha value is -2.88. The molecule has 4 aromatic rings. The SMILES string of the molecule is Oc1cc2ncc(-c3ccc(F)cc3)n2c2ccccc12. The van der Waals surface area contributed by atoms with Gasteiger partial charge < -0.3 is 5.11 Å². The van der Waals surface area contributed by atoms with E-state index in [-0.39, 0.29) is 11.6 Å². The maximum Gasteiger partial charge on any atom is 0.141 e. The van der Waals surface area contributed by atoms with Gasteiger partial charge in [0.15, 0.2) is 0 Å². The van der Waals surface area contributed by atoms with Crippen LogP contribution in [-0.4, -0.2) is 14.5 Å². The van der Waals surface area contributed by atoms with Crippen LogP contribution < -0.4 is 0 Å². The number of imidazole rings is 1. The average Bonchev–Trinajstić information content (AvgIpc) is 2.92. The van der Waals surface area contributed by atoms with Crippen LogP contribution in [0.3, 0.4) is 0 Å². The Labute approximate surface area is 119 Å². The Balaban J connectivity index is 2.11. The molecule has 0 spiro atoms. The molecule has 2 aromatic heterocycles. The summed E-state index contributed by atoms with van der Waals surface area (Å²) in [5.41, 5.74) is 3.26. The van der Waals surface area contributed by atoms with Crippen LogP contribution in [-0.2, 0) is 0 Å². The summed E-state index contributed by atoms with van der Waals surface area (Å²) in [5.74, 6) is -0.0653. The molecule has 21 heavy (non-hydrogen) atoms. The first-order valence-electron chi connectivity index (χ1n) is 6.58. The number of hydrogen-bond acceptors (Lipinski definition) is 2. The van der Waals surface area contributed by atoms with Crippen molar-refractivity contribution in [2.24, 2.45) is 0 Å². The second-order valence-corrected chi connectivity index (χ2v) is 4.89. The third-order valence-electron chi connectivity index (χ3n) is 3.62. The van der Waals surface area contributed by atoms with Gasteiger partial charge in [-0.05, 0) is 36.4 Å². The number of benzene rings is 2. The van der Waals surface area contributed by atoms with E-state index in [0.29, 0.717) is 5.65 Å². The van der Waals surface area contributed by atoms with Crippen LogP contribution >= 0.6 is 0 Å². The predicted octanol–water partition coefficient (Wildman–Crippen LogP) is 4.00. The summed E-state index contributed by atoms with van der Waals surface area (Å²) in [6.45, 7) is 0. The van der Waals surface area contributed by atoms with E-state index in [1.165, 1.54) is 12.1 Å². The lowest BCUT2D eigenvalue weighted by atomic mass is 10.1. The second kappa shape index (κ2) is 4.31. The summed E-state index contributed by atoms with van der Waals surface area (Å²) in [6.07, 6.45) is 1.73. The van der Waals surface area contributed by atoms with Gasteiger partial charge in [0.1, 0.15) is 17.2 Å². The highest BCUT2D eigenvalue weighted by atomic mass is 19.1. The molecular weight excluding hydrogens is 267 g/mol. The molecule has 0 atom stereocenters. The summed E-state index contributed by atoms with van der Waals surface area (Å²) >= 11 is 0. The van der Waals surface area contributed by atoms with Crippen molar-refractivity contribution in [3.63, 3.8) is 0 Å². The number of aromatic nitrogens is 2. The maximum absolute atomic E-state index is 13.1. The van der Waals surface area contributed by atoms with Gasteiger partial charge in [-0.1, -0.05) is 12.1 Å². The van der Waals surface area contributed by atoms with E-state index in [0.717, 1.165) is 22.2 Å². The zero-order chi connectivity index (χ0) is 14.4. The molecule has 1 N–H and O–H groups in total. The van der Waals surface area contributed by atoms with Gasteiger partial charge in [-0.25, -0.2) is 9.37 Å². The monoisotopic (exact) mass is 278 g/mol. The molecule has 0 bridgehead atoms. The fraction of sp³-hybridized carbons (Fsp3) is 0. The number of nitrogens with zero attached hydrogens (tertiary/aromatic N) is 2. The lowest BCUT2D eigenvalue weighted by Crippen LogP contribution is -1.92. The number of rotatable bonds is 1. The molecule has 0 saturated carbocycles. The molecule has 0 aliphatic rings. The van der Waals surface area contributed by atoms with Gasteiger partial charge in [-0.3, -0.25) is 4.40 Å². The van der Waals surface area contributed by atoms with E-state index in [9.17, 15) is 9.50 Å². The summed E-state index contributed by atoms with van der Waals surface area (Å²) in [5, 5.41) is 10.8. The Bertz CT molecular complexity index is 958. The molecule has 102 valence electrons. The molecule has 0 aliphatic carbocycles. The Morgan fingerprint density at radius 2 is 1.76 bits per heavy atom. The van der Waals surface area contributed by atoms with Crippen molar-refractivity contribution in [2.75, 3.05) is 0 Å². The lowest BCUT2D eigenvalue weighted by Gasteiger charge is -2.08. The first-order chi connectivity index (χ1) is 10.2. The standard InChI is InChI=1S/C17H11FN2O/c18-12-7-5-11(6-8-12)15-10-19-17-9-16(21)13-3-1-2-4-14(13)20(15)17/h1-10,21H. The van der Waals surface area contributed by atoms with Crippen molar-refractivity contribution in [2.45, 2.75) is 0 Å². The number of pyridine rings is 1. The van der Waals surface area contributed by atoms with Gasteiger partial charge in [-0.2, -0.15) is 0 Å². The third kappa shape index (κ3) is 1.76. The van der Waals surface area contributed by atoms with E-state index in [4.69, 9.17) is 0 Å². The van der Waals surface area contributed by atoms with Gasteiger partial charge in [-0.15, -0.1) is 0 Å². The van der Waals surface area contributed by atoms with Crippen molar-refractivity contribution < 1.29 is 9.50 Å². The van der Waals surface area contributed by atoms with E-state index >= 15 is 0 Å². The van der Waals surface area contributed by atoms with Crippen LogP contribution in [0.2, 0.25) is 0 Å². The lowest BCUT2D eigenvalue weighted by molar-refractivity contribution is 0.481. The Kier molecular flexibility index (Phi) is 2.44. The summed E-state index contributed by atoms with van der Waals surface area (Å²) in [6, 6.07) is 15.5. The number of aromatic hydroxyl groups is 1. The van der Waals surface area contributed by atoms with Crippen LogP contribution in [0.4, 0.5) is 4.39 Å². The quantitative estimate of drug-likeness (QED) is 0.571. The molecule has 0 fully saturated rings. The van der Waals surface area contributed by atoms with Crippen LogP contribution in [0.1, 0.15) is 0 Å². The van der Waals surface area contributed by atoms with Crippen LogP contribution in [0, 0.1) is 5.82 Å². The minimum Gasteiger partial charge on any atom is -0.507 e. The smallest absolute Gasteiger partial charge is 0.141 e. The van der Waals surface area contributed by atoms with Gasteiger partial charge in [0.2, 0.25) is 0 Å². The summed E-state index contributed by atoms with van der Waals surface area (Å²) in [7, 11) is 0. The summed E-state index contributed by atoms with van der Waals surface area (Å²) in [4.78, 5) is 4.34. The zero-order valence-electron chi connectivity index (χ0n) is 11.0. The average molecular weight is 278 g/mol. The maximum atomic E-state index is 13.1. The largest absolute Gasteiger partial charge is 0.507 e. The molecule has 2 heterocycles. The third-order valence-corrected chi connectivity index (χ3v) is 3.62. The van der Waals surface area contributed by atoms with Crippen molar-refractivity contribution in [3.8, 4) is 17.0 Å². The molecule has 0 saturated heterocycles. The minimum atomic E-state index is -0.268. The molecular formula is C17H11FN2O. The predicted molar refractivity (Wildman–Crippen MR) is 79.8 cm³/mol. The van der Waals surface area contributed by atoms with Crippen molar-refractivity contribution >= 4 is 16.6 Å². The molecule has 3 nitrogen and oxygen atoms in total. The second-order valence-electron chi connectivity index (χ2n) is 4.89. The fourth-order valence-electron chi connectivity index (χ4n) is 2.63. The molecule has 2 aromatic carbocycles. The molecule has 0 amide bonds.